The lowest BCUT2D eigenvalue weighted by molar-refractivity contribution is 0.477. The highest BCUT2D eigenvalue weighted by atomic mass is 35.5. The lowest BCUT2D eigenvalue weighted by Crippen LogP contribution is -1.88. The summed E-state index contributed by atoms with van der Waals surface area (Å²) in [4.78, 5) is 3.62. The number of nitrogens with zero attached hydrogens (tertiary/aromatic N) is 1. The van der Waals surface area contributed by atoms with Crippen LogP contribution in [0.2, 0.25) is 5.15 Å². The van der Waals surface area contributed by atoms with Gasteiger partial charge >= 0.3 is 0 Å². The predicted octanol–water partition coefficient (Wildman–Crippen LogP) is 1.02. The summed E-state index contributed by atoms with van der Waals surface area (Å²) in [5.41, 5.74) is 5.36. The Kier molecular flexibility index (Phi) is 1.44. The highest BCUT2D eigenvalue weighted by Crippen LogP contribution is 2.24. The van der Waals surface area contributed by atoms with Crippen LogP contribution in [0.15, 0.2) is 12.3 Å². The monoisotopic (exact) mass is 144 g/mol. The Morgan fingerprint density at radius 2 is 2.33 bits per heavy atom. The van der Waals surface area contributed by atoms with E-state index in [0.717, 1.165) is 0 Å². The maximum atomic E-state index is 8.85. The van der Waals surface area contributed by atoms with Crippen molar-refractivity contribution in [3.63, 3.8) is 0 Å². The van der Waals surface area contributed by atoms with E-state index in [1.54, 1.807) is 0 Å². The highest BCUT2D eigenvalue weighted by Gasteiger charge is 1.99. The van der Waals surface area contributed by atoms with Gasteiger partial charge in [-0.2, -0.15) is 0 Å². The van der Waals surface area contributed by atoms with Gasteiger partial charge in [-0.05, 0) is 0 Å². The Bertz CT molecular complexity index is 206. The van der Waals surface area contributed by atoms with Crippen molar-refractivity contribution in [3.8, 4) is 5.75 Å². The summed E-state index contributed by atoms with van der Waals surface area (Å²) < 4.78 is 0. The molecule has 1 heterocycles. The number of anilines is 1. The topological polar surface area (TPSA) is 59.1 Å². The van der Waals surface area contributed by atoms with Crippen LogP contribution in [0.1, 0.15) is 0 Å². The molecule has 9 heavy (non-hydrogen) atoms. The first-order valence-electron chi connectivity index (χ1n) is 2.31. The van der Waals surface area contributed by atoms with Gasteiger partial charge < -0.3 is 10.8 Å². The van der Waals surface area contributed by atoms with E-state index in [0.29, 0.717) is 0 Å². The van der Waals surface area contributed by atoms with Crippen LogP contribution in [0.25, 0.3) is 0 Å². The number of rotatable bonds is 0. The molecule has 1 aromatic rings. The summed E-state index contributed by atoms with van der Waals surface area (Å²) in [6.07, 6.45) is 1.38. The van der Waals surface area contributed by atoms with Crippen LogP contribution in [0.4, 0.5) is 5.69 Å². The van der Waals surface area contributed by atoms with E-state index in [-0.39, 0.29) is 16.6 Å². The zero-order valence-corrected chi connectivity index (χ0v) is 5.26. The van der Waals surface area contributed by atoms with Crippen molar-refractivity contribution in [2.45, 2.75) is 0 Å². The molecule has 0 amide bonds. The highest BCUT2D eigenvalue weighted by molar-refractivity contribution is 6.32. The van der Waals surface area contributed by atoms with Crippen molar-refractivity contribution in [2.75, 3.05) is 5.73 Å². The first kappa shape index (κ1) is 6.16. The van der Waals surface area contributed by atoms with E-state index in [1.165, 1.54) is 12.3 Å². The number of nitrogen functional groups attached to an aromatic ring is 1. The molecule has 0 atom stereocenters. The minimum Gasteiger partial charge on any atom is -0.506 e. The zero-order chi connectivity index (χ0) is 6.85. The zero-order valence-electron chi connectivity index (χ0n) is 4.50. The smallest absolute Gasteiger partial charge is 0.155 e. The summed E-state index contributed by atoms with van der Waals surface area (Å²) in [6.45, 7) is 0. The van der Waals surface area contributed by atoms with Crippen LogP contribution in [-0.4, -0.2) is 10.1 Å². The van der Waals surface area contributed by atoms with E-state index >= 15 is 0 Å². The summed E-state index contributed by atoms with van der Waals surface area (Å²) in [5, 5.41) is 8.98. The van der Waals surface area contributed by atoms with Gasteiger partial charge in [0.05, 0.1) is 0 Å². The molecule has 0 spiro atoms. The molecule has 0 aliphatic heterocycles. The molecule has 0 saturated heterocycles. The molecule has 3 nitrogen and oxygen atoms in total. The maximum absolute atomic E-state index is 8.85. The van der Waals surface area contributed by atoms with Gasteiger partial charge in [0.15, 0.2) is 5.15 Å². The van der Waals surface area contributed by atoms with Gasteiger partial charge in [-0.15, -0.1) is 0 Å². The number of aromatic nitrogens is 1. The number of halogens is 1. The van der Waals surface area contributed by atoms with Crippen LogP contribution in [0.5, 0.6) is 5.75 Å². The van der Waals surface area contributed by atoms with Crippen LogP contribution in [0, 0.1) is 0 Å². The van der Waals surface area contributed by atoms with Gasteiger partial charge in [0.1, 0.15) is 11.4 Å². The standard InChI is InChI=1S/C5H5ClN2O/c6-5-4(7)3(9)1-2-8-5/h1-2H,7H2,(H,8,9). The van der Waals surface area contributed by atoms with E-state index in [1.807, 2.05) is 0 Å². The summed E-state index contributed by atoms with van der Waals surface area (Å²) >= 11 is 5.42. The summed E-state index contributed by atoms with van der Waals surface area (Å²) in [5.74, 6) is -0.0324. The molecule has 4 heteroatoms. The van der Waals surface area contributed by atoms with Crippen LogP contribution < -0.4 is 5.73 Å². The minimum absolute atomic E-state index is 0.0324. The molecular formula is C5H5ClN2O. The van der Waals surface area contributed by atoms with Gasteiger partial charge in [-0.3, -0.25) is 0 Å². The Morgan fingerprint density at radius 3 is 2.78 bits per heavy atom. The summed E-state index contributed by atoms with van der Waals surface area (Å²) in [7, 11) is 0. The quantitative estimate of drug-likeness (QED) is 0.535. The molecule has 0 aliphatic carbocycles. The average molecular weight is 145 g/mol. The van der Waals surface area contributed by atoms with Crippen molar-refractivity contribution >= 4 is 17.3 Å². The third-order valence-corrected chi connectivity index (χ3v) is 1.22. The third kappa shape index (κ3) is 1.05. The van der Waals surface area contributed by atoms with Crippen molar-refractivity contribution < 1.29 is 5.11 Å². The Balaban J connectivity index is 3.25. The molecule has 0 aromatic carbocycles. The first-order chi connectivity index (χ1) is 4.22. The second kappa shape index (κ2) is 2.11. The molecule has 0 fully saturated rings. The van der Waals surface area contributed by atoms with Crippen molar-refractivity contribution in [1.29, 1.82) is 0 Å². The van der Waals surface area contributed by atoms with Gasteiger partial charge in [0.25, 0.3) is 0 Å². The van der Waals surface area contributed by atoms with Gasteiger partial charge in [-0.25, -0.2) is 4.98 Å². The molecule has 48 valence electrons. The largest absolute Gasteiger partial charge is 0.506 e. The number of aromatic hydroxyl groups is 1. The van der Waals surface area contributed by atoms with Crippen molar-refractivity contribution in [2.24, 2.45) is 0 Å². The summed E-state index contributed by atoms with van der Waals surface area (Å²) in [6, 6.07) is 1.38. The van der Waals surface area contributed by atoms with Gasteiger partial charge in [0.2, 0.25) is 0 Å². The maximum Gasteiger partial charge on any atom is 0.155 e. The molecule has 0 radical (unpaired) electrons. The van der Waals surface area contributed by atoms with E-state index in [9.17, 15) is 0 Å². The molecule has 0 bridgehead atoms. The van der Waals surface area contributed by atoms with Crippen molar-refractivity contribution in [1.82, 2.24) is 4.98 Å². The molecule has 1 aromatic heterocycles. The van der Waals surface area contributed by atoms with Crippen LogP contribution in [0.3, 0.4) is 0 Å². The number of pyridine rings is 1. The molecule has 3 N–H and O–H groups in total. The van der Waals surface area contributed by atoms with Gasteiger partial charge in [0, 0.05) is 12.3 Å². The van der Waals surface area contributed by atoms with E-state index in [4.69, 9.17) is 22.4 Å². The Hall–Kier alpha value is -0.960. The Labute approximate surface area is 57.1 Å². The lowest BCUT2D eigenvalue weighted by atomic mass is 10.4. The van der Waals surface area contributed by atoms with Crippen molar-refractivity contribution in [3.05, 3.63) is 17.4 Å². The molecular weight excluding hydrogens is 140 g/mol. The molecule has 0 unspecified atom stereocenters. The molecule has 0 saturated carbocycles. The number of hydrogen-bond donors (Lipinski definition) is 2. The van der Waals surface area contributed by atoms with Crippen LogP contribution >= 0.6 is 11.6 Å². The third-order valence-electron chi connectivity index (χ3n) is 0.918. The average Bonchev–Trinajstić information content (AvgIpc) is 1.83. The fourth-order valence-corrected chi connectivity index (χ4v) is 0.591. The number of hydrogen-bond acceptors (Lipinski definition) is 3. The van der Waals surface area contributed by atoms with E-state index < -0.39 is 0 Å². The molecule has 0 aliphatic rings. The lowest BCUT2D eigenvalue weighted by Gasteiger charge is -1.96. The second-order valence-corrected chi connectivity index (χ2v) is 1.89. The predicted molar refractivity (Wildman–Crippen MR) is 35.3 cm³/mol. The first-order valence-corrected chi connectivity index (χ1v) is 2.68. The SMILES string of the molecule is Nc1c(O)ccnc1Cl. The number of nitrogens with two attached hydrogens (primary N) is 1. The fourth-order valence-electron chi connectivity index (χ4n) is 0.438. The van der Waals surface area contributed by atoms with Gasteiger partial charge in [-0.1, -0.05) is 11.6 Å². The Morgan fingerprint density at radius 1 is 1.67 bits per heavy atom. The van der Waals surface area contributed by atoms with E-state index in [2.05, 4.69) is 4.98 Å². The molecule has 1 rings (SSSR count). The minimum atomic E-state index is -0.0324. The normalized spacial score (nSPS) is 9.44. The van der Waals surface area contributed by atoms with Crippen LogP contribution in [-0.2, 0) is 0 Å². The second-order valence-electron chi connectivity index (χ2n) is 1.53. The fraction of sp³-hybridized carbons (Fsp3) is 0.